The first kappa shape index (κ1) is 15.9. The molecule has 1 fully saturated rings. The summed E-state index contributed by atoms with van der Waals surface area (Å²) < 4.78 is 2.32. The standard InChI is InChI=1S/C20H17N3OS2/c24-20(19-22-15-6-2-4-8-17(15)26-19)23-11-9-13(10-12-23)18-21-14-5-1-3-7-16(14)25-18/h1-8,13H,9-12H2. The Hall–Kier alpha value is -2.31. The lowest BCUT2D eigenvalue weighted by atomic mass is 9.97. The molecular weight excluding hydrogens is 362 g/mol. The molecule has 0 N–H and O–H groups in total. The van der Waals surface area contributed by atoms with Crippen molar-refractivity contribution in [1.29, 1.82) is 0 Å². The molecule has 6 heteroatoms. The van der Waals surface area contributed by atoms with E-state index in [1.807, 2.05) is 35.2 Å². The van der Waals surface area contributed by atoms with E-state index in [0.717, 1.165) is 41.7 Å². The molecule has 2 aromatic heterocycles. The van der Waals surface area contributed by atoms with Gasteiger partial charge in [-0.05, 0) is 37.1 Å². The number of carbonyl (C=O) groups excluding carboxylic acids is 1. The van der Waals surface area contributed by atoms with Crippen molar-refractivity contribution in [2.45, 2.75) is 18.8 Å². The molecule has 1 amide bonds. The van der Waals surface area contributed by atoms with E-state index in [4.69, 9.17) is 4.98 Å². The van der Waals surface area contributed by atoms with E-state index in [2.05, 4.69) is 23.2 Å². The Labute approximate surface area is 159 Å². The number of likely N-dealkylation sites (tertiary alicyclic amines) is 1. The van der Waals surface area contributed by atoms with Gasteiger partial charge in [-0.3, -0.25) is 4.79 Å². The Kier molecular flexibility index (Phi) is 3.94. The van der Waals surface area contributed by atoms with Crippen LogP contribution in [0.1, 0.15) is 33.6 Å². The molecule has 26 heavy (non-hydrogen) atoms. The summed E-state index contributed by atoms with van der Waals surface area (Å²) in [6.07, 6.45) is 1.94. The van der Waals surface area contributed by atoms with Crippen LogP contribution in [0.4, 0.5) is 0 Å². The highest BCUT2D eigenvalue weighted by Crippen LogP contribution is 2.34. The molecule has 3 heterocycles. The number of para-hydroxylation sites is 2. The fourth-order valence-electron chi connectivity index (χ4n) is 3.49. The van der Waals surface area contributed by atoms with Gasteiger partial charge in [0.25, 0.3) is 5.91 Å². The first-order valence-electron chi connectivity index (χ1n) is 8.78. The summed E-state index contributed by atoms with van der Waals surface area (Å²) in [6, 6.07) is 16.2. The molecule has 4 aromatic rings. The average Bonchev–Trinajstić information content (AvgIpc) is 3.31. The van der Waals surface area contributed by atoms with Gasteiger partial charge in [0.2, 0.25) is 0 Å². The van der Waals surface area contributed by atoms with Crippen LogP contribution in [0.2, 0.25) is 0 Å². The van der Waals surface area contributed by atoms with Gasteiger partial charge in [0, 0.05) is 19.0 Å². The van der Waals surface area contributed by atoms with Crippen molar-refractivity contribution < 1.29 is 4.79 Å². The smallest absolute Gasteiger partial charge is 0.282 e. The first-order chi connectivity index (χ1) is 12.8. The van der Waals surface area contributed by atoms with Gasteiger partial charge in [-0.1, -0.05) is 24.3 Å². The lowest BCUT2D eigenvalue weighted by Gasteiger charge is -2.30. The third-order valence-corrected chi connectivity index (χ3v) is 7.14. The molecule has 5 rings (SSSR count). The van der Waals surface area contributed by atoms with Gasteiger partial charge in [-0.2, -0.15) is 0 Å². The van der Waals surface area contributed by atoms with E-state index in [9.17, 15) is 4.79 Å². The fraction of sp³-hybridized carbons (Fsp3) is 0.250. The Morgan fingerprint density at radius 2 is 1.50 bits per heavy atom. The number of nitrogens with zero attached hydrogens (tertiary/aromatic N) is 3. The van der Waals surface area contributed by atoms with Gasteiger partial charge >= 0.3 is 0 Å². The zero-order chi connectivity index (χ0) is 17.5. The molecular formula is C20H17N3OS2. The monoisotopic (exact) mass is 379 g/mol. The third kappa shape index (κ3) is 2.79. The summed E-state index contributed by atoms with van der Waals surface area (Å²) in [5, 5.41) is 1.81. The van der Waals surface area contributed by atoms with Crippen LogP contribution in [-0.2, 0) is 0 Å². The number of amides is 1. The minimum Gasteiger partial charge on any atom is -0.337 e. The number of hydrogen-bond donors (Lipinski definition) is 0. The average molecular weight is 380 g/mol. The third-order valence-electron chi connectivity index (χ3n) is 4.92. The number of rotatable bonds is 2. The molecule has 1 saturated heterocycles. The predicted molar refractivity (Wildman–Crippen MR) is 107 cm³/mol. The van der Waals surface area contributed by atoms with Crippen LogP contribution < -0.4 is 0 Å². The molecule has 0 saturated carbocycles. The minimum absolute atomic E-state index is 0.0638. The molecule has 0 radical (unpaired) electrons. The maximum Gasteiger partial charge on any atom is 0.282 e. The maximum absolute atomic E-state index is 12.8. The van der Waals surface area contributed by atoms with Crippen LogP contribution in [0.3, 0.4) is 0 Å². The zero-order valence-corrected chi connectivity index (χ0v) is 15.7. The van der Waals surface area contributed by atoms with E-state index in [-0.39, 0.29) is 5.91 Å². The van der Waals surface area contributed by atoms with Crippen LogP contribution in [0.25, 0.3) is 20.4 Å². The number of benzene rings is 2. The van der Waals surface area contributed by atoms with Crippen molar-refractivity contribution in [3.05, 3.63) is 58.5 Å². The van der Waals surface area contributed by atoms with Crippen molar-refractivity contribution in [2.24, 2.45) is 0 Å². The van der Waals surface area contributed by atoms with E-state index in [1.54, 1.807) is 11.3 Å². The van der Waals surface area contributed by atoms with Gasteiger partial charge in [0.05, 0.1) is 25.4 Å². The second-order valence-corrected chi connectivity index (χ2v) is 8.67. The molecule has 0 bridgehead atoms. The van der Waals surface area contributed by atoms with E-state index in [0.29, 0.717) is 10.9 Å². The van der Waals surface area contributed by atoms with Crippen LogP contribution in [0.5, 0.6) is 0 Å². The molecule has 0 spiro atoms. The highest BCUT2D eigenvalue weighted by Gasteiger charge is 2.27. The van der Waals surface area contributed by atoms with E-state index >= 15 is 0 Å². The van der Waals surface area contributed by atoms with Crippen molar-refractivity contribution in [3.8, 4) is 0 Å². The topological polar surface area (TPSA) is 46.1 Å². The van der Waals surface area contributed by atoms with Crippen molar-refractivity contribution in [1.82, 2.24) is 14.9 Å². The van der Waals surface area contributed by atoms with Gasteiger partial charge in [-0.15, -0.1) is 22.7 Å². The second-order valence-electron chi connectivity index (χ2n) is 6.57. The highest BCUT2D eigenvalue weighted by atomic mass is 32.1. The molecule has 2 aromatic carbocycles. The van der Waals surface area contributed by atoms with Gasteiger partial charge in [-0.25, -0.2) is 9.97 Å². The number of thiazole rings is 2. The van der Waals surface area contributed by atoms with Crippen LogP contribution in [-0.4, -0.2) is 33.9 Å². The lowest BCUT2D eigenvalue weighted by molar-refractivity contribution is 0.0713. The second kappa shape index (κ2) is 6.45. The van der Waals surface area contributed by atoms with E-state index < -0.39 is 0 Å². The number of fused-ring (bicyclic) bond motifs is 2. The lowest BCUT2D eigenvalue weighted by Crippen LogP contribution is -2.37. The summed E-state index contributed by atoms with van der Waals surface area (Å²) >= 11 is 3.27. The Morgan fingerprint density at radius 3 is 2.15 bits per heavy atom. The molecule has 1 aliphatic heterocycles. The molecule has 1 aliphatic rings. The van der Waals surface area contributed by atoms with Crippen LogP contribution >= 0.6 is 22.7 Å². The number of piperidine rings is 1. The van der Waals surface area contributed by atoms with Crippen molar-refractivity contribution >= 4 is 49.0 Å². The maximum atomic E-state index is 12.8. The minimum atomic E-state index is 0.0638. The molecule has 0 unspecified atom stereocenters. The summed E-state index contributed by atoms with van der Waals surface area (Å²) in [5.74, 6) is 0.515. The molecule has 130 valence electrons. The predicted octanol–water partition coefficient (Wildman–Crippen LogP) is 4.93. The van der Waals surface area contributed by atoms with Crippen LogP contribution in [0.15, 0.2) is 48.5 Å². The zero-order valence-electron chi connectivity index (χ0n) is 14.1. The SMILES string of the molecule is O=C(c1nc2ccccc2s1)N1CCC(c2nc3ccccc3s2)CC1. The van der Waals surface area contributed by atoms with Gasteiger partial charge in [0.1, 0.15) is 0 Å². The van der Waals surface area contributed by atoms with Gasteiger partial charge < -0.3 is 4.90 Å². The first-order valence-corrected chi connectivity index (χ1v) is 10.4. The highest BCUT2D eigenvalue weighted by molar-refractivity contribution is 7.20. The number of hydrogen-bond acceptors (Lipinski definition) is 5. The molecule has 4 nitrogen and oxygen atoms in total. The fourth-order valence-corrected chi connectivity index (χ4v) is 5.56. The summed E-state index contributed by atoms with van der Waals surface area (Å²) in [5.41, 5.74) is 1.99. The van der Waals surface area contributed by atoms with Crippen molar-refractivity contribution in [3.63, 3.8) is 0 Å². The largest absolute Gasteiger partial charge is 0.337 e. The van der Waals surface area contributed by atoms with Crippen molar-refractivity contribution in [2.75, 3.05) is 13.1 Å². The van der Waals surface area contributed by atoms with E-state index in [1.165, 1.54) is 21.0 Å². The Bertz CT molecular complexity index is 1030. The normalized spacial score (nSPS) is 15.8. The Balaban J connectivity index is 1.31. The summed E-state index contributed by atoms with van der Waals surface area (Å²) in [6.45, 7) is 1.55. The summed E-state index contributed by atoms with van der Waals surface area (Å²) in [7, 11) is 0. The molecule has 0 atom stereocenters. The summed E-state index contributed by atoms with van der Waals surface area (Å²) in [4.78, 5) is 24.1. The number of carbonyl (C=O) groups is 1. The van der Waals surface area contributed by atoms with Gasteiger partial charge in [0.15, 0.2) is 5.01 Å². The molecule has 0 aliphatic carbocycles. The van der Waals surface area contributed by atoms with Crippen LogP contribution in [0, 0.1) is 0 Å². The Morgan fingerprint density at radius 1 is 0.885 bits per heavy atom. The number of aromatic nitrogens is 2. The quantitative estimate of drug-likeness (QED) is 0.496.